The molecule has 0 aromatic carbocycles. The van der Waals surface area contributed by atoms with Gasteiger partial charge >= 0.3 is 5.97 Å². The van der Waals surface area contributed by atoms with Crippen molar-refractivity contribution in [2.45, 2.75) is 32.6 Å². The minimum Gasteiger partial charge on any atom is -0.481 e. The first-order chi connectivity index (χ1) is 10.0. The van der Waals surface area contributed by atoms with E-state index in [1.54, 1.807) is 6.20 Å². The van der Waals surface area contributed by atoms with Gasteiger partial charge in [0.05, 0.1) is 11.8 Å². The van der Waals surface area contributed by atoms with Crippen LogP contribution in [0.1, 0.15) is 32.0 Å². The number of rotatable bonds is 6. The smallest absolute Gasteiger partial charge is 0.307 e. The zero-order chi connectivity index (χ0) is 15.4. The lowest BCUT2D eigenvalue weighted by Gasteiger charge is -2.15. The van der Waals surface area contributed by atoms with Crippen molar-refractivity contribution in [3.63, 3.8) is 0 Å². The average Bonchev–Trinajstić information content (AvgIpc) is 3.05. The van der Waals surface area contributed by atoms with Gasteiger partial charge in [-0.1, -0.05) is 13.3 Å². The molecule has 3 atom stereocenters. The van der Waals surface area contributed by atoms with Crippen LogP contribution in [0.25, 0.3) is 0 Å². The first kappa shape index (κ1) is 15.5. The van der Waals surface area contributed by atoms with Crippen LogP contribution in [0.15, 0.2) is 12.4 Å². The Morgan fingerprint density at radius 2 is 2.14 bits per heavy atom. The summed E-state index contributed by atoms with van der Waals surface area (Å²) in [4.78, 5) is 27.7. The quantitative estimate of drug-likeness (QED) is 0.826. The number of amides is 1. The SMILES string of the molecule is CCC1CC(C(=O)O)C(C(=O)NCCc2nccn2C)C1. The molecule has 0 aliphatic heterocycles. The number of aromatic nitrogens is 2. The number of imidazole rings is 1. The van der Waals surface area contributed by atoms with Gasteiger partial charge in [0.25, 0.3) is 0 Å². The zero-order valence-electron chi connectivity index (χ0n) is 12.6. The molecule has 6 heteroatoms. The van der Waals surface area contributed by atoms with Crippen molar-refractivity contribution in [1.29, 1.82) is 0 Å². The third kappa shape index (κ3) is 3.62. The zero-order valence-corrected chi connectivity index (χ0v) is 12.6. The summed E-state index contributed by atoms with van der Waals surface area (Å²) in [6.07, 6.45) is 6.46. The molecule has 1 amide bonds. The highest BCUT2D eigenvalue weighted by atomic mass is 16.4. The van der Waals surface area contributed by atoms with Crippen LogP contribution in [0.4, 0.5) is 0 Å². The maximum absolute atomic E-state index is 12.2. The van der Waals surface area contributed by atoms with Gasteiger partial charge in [0.15, 0.2) is 0 Å². The predicted molar refractivity (Wildman–Crippen MR) is 77.6 cm³/mol. The van der Waals surface area contributed by atoms with Crippen molar-refractivity contribution in [3.8, 4) is 0 Å². The Kier molecular flexibility index (Phi) is 4.98. The number of aryl methyl sites for hydroxylation is 1. The lowest BCUT2D eigenvalue weighted by molar-refractivity contribution is -0.146. The van der Waals surface area contributed by atoms with Crippen LogP contribution in [0.2, 0.25) is 0 Å². The monoisotopic (exact) mass is 293 g/mol. The van der Waals surface area contributed by atoms with E-state index in [2.05, 4.69) is 10.3 Å². The summed E-state index contributed by atoms with van der Waals surface area (Å²) >= 11 is 0. The molecule has 1 heterocycles. The minimum atomic E-state index is -0.852. The van der Waals surface area contributed by atoms with Gasteiger partial charge in [-0.15, -0.1) is 0 Å². The van der Waals surface area contributed by atoms with E-state index in [0.29, 0.717) is 31.7 Å². The van der Waals surface area contributed by atoms with Gasteiger partial charge in [0.1, 0.15) is 5.82 Å². The van der Waals surface area contributed by atoms with Gasteiger partial charge in [-0.3, -0.25) is 9.59 Å². The fourth-order valence-corrected chi connectivity index (χ4v) is 3.10. The van der Waals surface area contributed by atoms with Gasteiger partial charge in [-0.2, -0.15) is 0 Å². The highest BCUT2D eigenvalue weighted by molar-refractivity contribution is 5.85. The number of hydrogen-bond acceptors (Lipinski definition) is 3. The van der Waals surface area contributed by atoms with Crippen molar-refractivity contribution < 1.29 is 14.7 Å². The number of carboxylic acids is 1. The van der Waals surface area contributed by atoms with Crippen LogP contribution in [-0.4, -0.2) is 33.1 Å². The van der Waals surface area contributed by atoms with Gasteiger partial charge in [0.2, 0.25) is 5.91 Å². The van der Waals surface area contributed by atoms with E-state index in [4.69, 9.17) is 0 Å². The Hall–Kier alpha value is -1.85. The Morgan fingerprint density at radius 1 is 1.43 bits per heavy atom. The third-order valence-corrected chi connectivity index (χ3v) is 4.46. The molecule has 21 heavy (non-hydrogen) atoms. The Bertz CT molecular complexity index is 512. The maximum Gasteiger partial charge on any atom is 0.307 e. The third-order valence-electron chi connectivity index (χ3n) is 4.46. The molecular weight excluding hydrogens is 270 g/mol. The standard InChI is InChI=1S/C15H23N3O3/c1-3-10-8-11(12(9-10)15(20)21)14(19)17-5-4-13-16-6-7-18(13)2/h6-7,10-12H,3-5,8-9H2,1-2H3,(H,17,19)(H,20,21). The molecule has 1 aliphatic rings. The normalized spacial score (nSPS) is 25.0. The van der Waals surface area contributed by atoms with Crippen molar-refractivity contribution in [1.82, 2.24) is 14.9 Å². The van der Waals surface area contributed by atoms with E-state index in [1.165, 1.54) is 0 Å². The molecule has 6 nitrogen and oxygen atoms in total. The van der Waals surface area contributed by atoms with E-state index in [9.17, 15) is 14.7 Å². The van der Waals surface area contributed by atoms with Crippen LogP contribution >= 0.6 is 0 Å². The first-order valence-electron chi connectivity index (χ1n) is 7.49. The van der Waals surface area contributed by atoms with Crippen LogP contribution in [-0.2, 0) is 23.1 Å². The summed E-state index contributed by atoms with van der Waals surface area (Å²) in [6.45, 7) is 2.54. The number of hydrogen-bond donors (Lipinski definition) is 2. The predicted octanol–water partition coefficient (Wildman–Crippen LogP) is 1.22. The average molecular weight is 293 g/mol. The summed E-state index contributed by atoms with van der Waals surface area (Å²) < 4.78 is 1.91. The molecule has 2 rings (SSSR count). The van der Waals surface area contributed by atoms with E-state index in [1.807, 2.05) is 24.7 Å². The van der Waals surface area contributed by atoms with Crippen LogP contribution < -0.4 is 5.32 Å². The van der Waals surface area contributed by atoms with Crippen molar-refractivity contribution >= 4 is 11.9 Å². The fraction of sp³-hybridized carbons (Fsp3) is 0.667. The molecule has 0 saturated heterocycles. The number of aliphatic carboxylic acids is 1. The highest BCUT2D eigenvalue weighted by Gasteiger charge is 2.41. The Labute approximate surface area is 124 Å². The second-order valence-electron chi connectivity index (χ2n) is 5.79. The number of carboxylic acid groups (broad SMARTS) is 1. The summed E-state index contributed by atoms with van der Waals surface area (Å²) in [6, 6.07) is 0. The minimum absolute atomic E-state index is 0.132. The molecule has 3 unspecified atom stereocenters. The first-order valence-corrected chi connectivity index (χ1v) is 7.49. The second-order valence-corrected chi connectivity index (χ2v) is 5.79. The molecule has 1 saturated carbocycles. The highest BCUT2D eigenvalue weighted by Crippen LogP contribution is 2.38. The summed E-state index contributed by atoms with van der Waals surface area (Å²) in [5.41, 5.74) is 0. The molecule has 1 aliphatic carbocycles. The molecule has 0 bridgehead atoms. The summed E-state index contributed by atoms with van der Waals surface area (Å²) in [5.74, 6) is -0.668. The second kappa shape index (κ2) is 6.74. The number of nitrogens with zero attached hydrogens (tertiary/aromatic N) is 2. The Balaban J connectivity index is 1.87. The van der Waals surface area contributed by atoms with E-state index >= 15 is 0 Å². The number of carbonyl (C=O) groups excluding carboxylic acids is 1. The van der Waals surface area contributed by atoms with Crippen LogP contribution in [0.5, 0.6) is 0 Å². The van der Waals surface area contributed by atoms with E-state index in [0.717, 1.165) is 12.2 Å². The molecule has 1 fully saturated rings. The number of carbonyl (C=O) groups is 2. The molecule has 116 valence electrons. The lowest BCUT2D eigenvalue weighted by atomic mass is 9.95. The molecule has 1 aromatic rings. The van der Waals surface area contributed by atoms with Gasteiger partial charge in [0, 0.05) is 32.4 Å². The molecule has 0 spiro atoms. The van der Waals surface area contributed by atoms with Gasteiger partial charge < -0.3 is 15.0 Å². The van der Waals surface area contributed by atoms with Gasteiger partial charge in [-0.05, 0) is 18.8 Å². The maximum atomic E-state index is 12.2. The van der Waals surface area contributed by atoms with E-state index in [-0.39, 0.29) is 5.91 Å². The molecule has 2 N–H and O–H groups in total. The van der Waals surface area contributed by atoms with Gasteiger partial charge in [-0.25, -0.2) is 4.98 Å². The van der Waals surface area contributed by atoms with E-state index < -0.39 is 17.8 Å². The van der Waals surface area contributed by atoms with Crippen molar-refractivity contribution in [3.05, 3.63) is 18.2 Å². The summed E-state index contributed by atoms with van der Waals surface area (Å²) in [5, 5.41) is 12.1. The van der Waals surface area contributed by atoms with Crippen LogP contribution in [0.3, 0.4) is 0 Å². The Morgan fingerprint density at radius 3 is 2.71 bits per heavy atom. The topological polar surface area (TPSA) is 84.2 Å². The molecule has 1 aromatic heterocycles. The molecule has 0 radical (unpaired) electrons. The molecular formula is C15H23N3O3. The number of nitrogens with one attached hydrogen (secondary N) is 1. The summed E-state index contributed by atoms with van der Waals surface area (Å²) in [7, 11) is 1.91. The lowest BCUT2D eigenvalue weighted by Crippen LogP contribution is -2.36. The van der Waals surface area contributed by atoms with Crippen LogP contribution in [0, 0.1) is 17.8 Å². The fourth-order valence-electron chi connectivity index (χ4n) is 3.10. The van der Waals surface area contributed by atoms with Crippen molar-refractivity contribution in [2.75, 3.05) is 6.54 Å². The van der Waals surface area contributed by atoms with Crippen molar-refractivity contribution in [2.24, 2.45) is 24.8 Å². The largest absolute Gasteiger partial charge is 0.481 e.